The quantitative estimate of drug-likeness (QED) is 0.696. The molecule has 1 aliphatic heterocycles. The Morgan fingerprint density at radius 1 is 1.30 bits per heavy atom. The van der Waals surface area contributed by atoms with Gasteiger partial charge in [-0.2, -0.15) is 11.8 Å². The Balaban J connectivity index is 1.76. The Morgan fingerprint density at radius 2 is 2.25 bits per heavy atom. The van der Waals surface area contributed by atoms with Crippen molar-refractivity contribution in [3.05, 3.63) is 44.3 Å². The summed E-state index contributed by atoms with van der Waals surface area (Å²) in [5.41, 5.74) is 1.56. The van der Waals surface area contributed by atoms with Gasteiger partial charge in [-0.3, -0.25) is 4.90 Å². The average molecular weight is 324 g/mol. The fourth-order valence-electron chi connectivity index (χ4n) is 2.90. The van der Waals surface area contributed by atoms with E-state index in [1.165, 1.54) is 42.3 Å². The first kappa shape index (κ1) is 14.6. The summed E-state index contributed by atoms with van der Waals surface area (Å²) >= 11 is 5.90. The predicted octanol–water partition coefficient (Wildman–Crippen LogP) is 4.90. The van der Waals surface area contributed by atoms with Gasteiger partial charge in [0, 0.05) is 16.3 Å². The molecule has 1 nitrogen and oxygen atoms in total. The largest absolute Gasteiger partial charge is 0.291 e. The van der Waals surface area contributed by atoms with Gasteiger partial charge < -0.3 is 0 Å². The van der Waals surface area contributed by atoms with Crippen molar-refractivity contribution < 1.29 is 0 Å². The minimum atomic E-state index is 0.511. The molecule has 4 heteroatoms. The SMILES string of the molecule is CCSCCCN1CCc2sccc2C1c1cccs1. The summed E-state index contributed by atoms with van der Waals surface area (Å²) in [6.45, 7) is 4.69. The number of fused-ring (bicyclic) bond motifs is 1. The highest BCUT2D eigenvalue weighted by molar-refractivity contribution is 7.99. The van der Waals surface area contributed by atoms with Crippen LogP contribution >= 0.6 is 34.4 Å². The van der Waals surface area contributed by atoms with Gasteiger partial charge in [0.15, 0.2) is 0 Å². The lowest BCUT2D eigenvalue weighted by molar-refractivity contribution is 0.219. The molecule has 1 atom stereocenters. The average Bonchev–Trinajstić information content (AvgIpc) is 3.13. The van der Waals surface area contributed by atoms with Crippen molar-refractivity contribution in [2.24, 2.45) is 0 Å². The van der Waals surface area contributed by atoms with E-state index in [0.29, 0.717) is 6.04 Å². The van der Waals surface area contributed by atoms with Gasteiger partial charge in [-0.05, 0) is 59.3 Å². The zero-order chi connectivity index (χ0) is 13.8. The molecule has 0 radical (unpaired) electrons. The topological polar surface area (TPSA) is 3.24 Å². The summed E-state index contributed by atoms with van der Waals surface area (Å²) in [4.78, 5) is 5.80. The minimum absolute atomic E-state index is 0.511. The molecular weight excluding hydrogens is 302 g/mol. The zero-order valence-corrected chi connectivity index (χ0v) is 14.3. The lowest BCUT2D eigenvalue weighted by atomic mass is 9.98. The molecule has 0 bridgehead atoms. The van der Waals surface area contributed by atoms with E-state index < -0.39 is 0 Å². The van der Waals surface area contributed by atoms with Crippen LogP contribution < -0.4 is 0 Å². The van der Waals surface area contributed by atoms with Gasteiger partial charge in [-0.25, -0.2) is 0 Å². The number of thioether (sulfide) groups is 1. The highest BCUT2D eigenvalue weighted by Crippen LogP contribution is 2.39. The number of hydrogen-bond acceptors (Lipinski definition) is 4. The Hall–Kier alpha value is -0.290. The molecule has 1 aliphatic rings. The van der Waals surface area contributed by atoms with Crippen molar-refractivity contribution in [1.29, 1.82) is 0 Å². The highest BCUT2D eigenvalue weighted by atomic mass is 32.2. The summed E-state index contributed by atoms with van der Waals surface area (Å²) in [6, 6.07) is 7.34. The molecule has 20 heavy (non-hydrogen) atoms. The van der Waals surface area contributed by atoms with E-state index in [2.05, 4.69) is 52.5 Å². The van der Waals surface area contributed by atoms with E-state index in [9.17, 15) is 0 Å². The second-order valence-electron chi connectivity index (χ2n) is 5.05. The molecule has 0 spiro atoms. The van der Waals surface area contributed by atoms with Crippen LogP contribution in [0.5, 0.6) is 0 Å². The fourth-order valence-corrected chi connectivity index (χ4v) is 5.31. The molecule has 2 aromatic heterocycles. The Bertz CT molecular complexity index is 518. The van der Waals surface area contributed by atoms with E-state index in [0.717, 1.165) is 0 Å². The minimum Gasteiger partial charge on any atom is -0.291 e. The standard InChI is InChI=1S/C16H21NS3/c1-2-18-10-4-8-17-9-6-14-13(7-12-20-14)16(17)15-5-3-11-19-15/h3,5,7,11-12,16H,2,4,6,8-10H2,1H3. The Morgan fingerprint density at radius 3 is 3.05 bits per heavy atom. The molecule has 0 saturated carbocycles. The van der Waals surface area contributed by atoms with Crippen molar-refractivity contribution in [3.63, 3.8) is 0 Å². The molecule has 1 unspecified atom stereocenters. The van der Waals surface area contributed by atoms with Crippen LogP contribution in [0, 0.1) is 0 Å². The molecule has 0 saturated heterocycles. The van der Waals surface area contributed by atoms with Crippen LogP contribution in [-0.2, 0) is 6.42 Å². The van der Waals surface area contributed by atoms with Gasteiger partial charge in [0.25, 0.3) is 0 Å². The maximum absolute atomic E-state index is 2.69. The maximum Gasteiger partial charge on any atom is 0.0707 e. The first-order valence-electron chi connectivity index (χ1n) is 7.31. The lowest BCUT2D eigenvalue weighted by Gasteiger charge is -2.35. The van der Waals surface area contributed by atoms with Gasteiger partial charge in [0.1, 0.15) is 0 Å². The van der Waals surface area contributed by atoms with Gasteiger partial charge in [-0.1, -0.05) is 13.0 Å². The van der Waals surface area contributed by atoms with Crippen LogP contribution in [0.1, 0.15) is 34.7 Å². The van der Waals surface area contributed by atoms with E-state index >= 15 is 0 Å². The number of nitrogens with zero attached hydrogens (tertiary/aromatic N) is 1. The third-order valence-electron chi connectivity index (χ3n) is 3.82. The summed E-state index contributed by atoms with van der Waals surface area (Å²) in [6.07, 6.45) is 2.54. The summed E-state index contributed by atoms with van der Waals surface area (Å²) in [5, 5.41) is 4.48. The van der Waals surface area contributed by atoms with Crippen LogP contribution in [0.15, 0.2) is 29.0 Å². The third kappa shape index (κ3) is 3.14. The molecule has 0 aromatic carbocycles. The normalized spacial score (nSPS) is 19.1. The zero-order valence-electron chi connectivity index (χ0n) is 11.9. The molecule has 3 heterocycles. The van der Waals surface area contributed by atoms with E-state index in [4.69, 9.17) is 0 Å². The highest BCUT2D eigenvalue weighted by Gasteiger charge is 2.29. The van der Waals surface area contributed by atoms with E-state index in [-0.39, 0.29) is 0 Å². The van der Waals surface area contributed by atoms with Crippen LogP contribution in [0.3, 0.4) is 0 Å². The smallest absolute Gasteiger partial charge is 0.0707 e. The van der Waals surface area contributed by atoms with Crippen molar-refractivity contribution in [1.82, 2.24) is 4.90 Å². The molecule has 0 amide bonds. The van der Waals surface area contributed by atoms with Gasteiger partial charge in [0.05, 0.1) is 6.04 Å². The van der Waals surface area contributed by atoms with Crippen molar-refractivity contribution in [3.8, 4) is 0 Å². The predicted molar refractivity (Wildman–Crippen MR) is 93.4 cm³/mol. The summed E-state index contributed by atoms with van der Waals surface area (Å²) in [7, 11) is 0. The summed E-state index contributed by atoms with van der Waals surface area (Å²) in [5.74, 6) is 2.53. The number of thiophene rings is 2. The van der Waals surface area contributed by atoms with Crippen molar-refractivity contribution >= 4 is 34.4 Å². The van der Waals surface area contributed by atoms with E-state index in [1.807, 2.05) is 22.7 Å². The Labute approximate surface area is 134 Å². The molecule has 108 valence electrons. The second-order valence-corrected chi connectivity index (χ2v) is 8.43. The fraction of sp³-hybridized carbons (Fsp3) is 0.500. The molecule has 0 aliphatic carbocycles. The summed E-state index contributed by atoms with van der Waals surface area (Å²) < 4.78 is 0. The van der Waals surface area contributed by atoms with Gasteiger partial charge >= 0.3 is 0 Å². The van der Waals surface area contributed by atoms with Crippen LogP contribution in [0.2, 0.25) is 0 Å². The van der Waals surface area contributed by atoms with Crippen LogP contribution in [0.4, 0.5) is 0 Å². The number of hydrogen-bond donors (Lipinski definition) is 0. The third-order valence-corrected chi connectivity index (χ3v) is 6.72. The molecule has 0 fully saturated rings. The molecule has 0 N–H and O–H groups in total. The Kier molecular flexibility index (Phi) is 5.21. The van der Waals surface area contributed by atoms with E-state index in [1.54, 1.807) is 10.4 Å². The lowest BCUT2D eigenvalue weighted by Crippen LogP contribution is -2.35. The molecule has 2 aromatic rings. The maximum atomic E-state index is 2.69. The van der Waals surface area contributed by atoms with Crippen molar-refractivity contribution in [2.45, 2.75) is 25.8 Å². The second kappa shape index (κ2) is 7.12. The molecular formula is C16H21NS3. The first-order chi connectivity index (χ1) is 9.90. The van der Waals surface area contributed by atoms with Crippen LogP contribution in [-0.4, -0.2) is 29.5 Å². The van der Waals surface area contributed by atoms with Gasteiger partial charge in [0.2, 0.25) is 0 Å². The monoisotopic (exact) mass is 323 g/mol. The van der Waals surface area contributed by atoms with Crippen molar-refractivity contribution in [2.75, 3.05) is 24.6 Å². The molecule has 3 rings (SSSR count). The van der Waals surface area contributed by atoms with Crippen LogP contribution in [0.25, 0.3) is 0 Å². The van der Waals surface area contributed by atoms with Gasteiger partial charge in [-0.15, -0.1) is 22.7 Å². The first-order valence-corrected chi connectivity index (χ1v) is 10.2. The number of rotatable bonds is 6.